The molecule has 1 aromatic heterocycles. The first-order valence-corrected chi connectivity index (χ1v) is 7.20. The minimum Gasteiger partial charge on any atom is -0.390 e. The van der Waals surface area contributed by atoms with Gasteiger partial charge in [0.25, 0.3) is 5.91 Å². The Kier molecular flexibility index (Phi) is 3.52. The quantitative estimate of drug-likeness (QED) is 0.816. The Morgan fingerprint density at radius 2 is 2.25 bits per heavy atom. The van der Waals surface area contributed by atoms with Crippen molar-refractivity contribution in [3.05, 3.63) is 18.2 Å². The number of nitrogens with zero attached hydrogens (tertiary/aromatic N) is 3. The molecule has 6 heteroatoms. The fraction of sp³-hybridized carbons (Fsp3) is 0.714. The van der Waals surface area contributed by atoms with E-state index in [1.54, 1.807) is 22.0 Å². The molecule has 6 nitrogen and oxygen atoms in total. The number of hydrogen-bond acceptors (Lipinski definition) is 4. The Labute approximate surface area is 118 Å². The molecule has 0 bridgehead atoms. The first kappa shape index (κ1) is 13.6. The molecule has 2 aliphatic rings. The van der Waals surface area contributed by atoms with E-state index in [0.717, 1.165) is 12.8 Å². The third-order valence-corrected chi connectivity index (χ3v) is 4.44. The molecule has 0 radical (unpaired) electrons. The molecule has 1 spiro atoms. The van der Waals surface area contributed by atoms with Crippen LogP contribution >= 0.6 is 0 Å². The second-order valence-electron chi connectivity index (χ2n) is 5.79. The van der Waals surface area contributed by atoms with E-state index >= 15 is 0 Å². The SMILES string of the molecule is Cn1cnc(C(=O)N2CCC3(CC2)OCCC[C@@H]3O)c1. The Hall–Kier alpha value is -1.40. The number of imidazole rings is 1. The molecule has 2 saturated heterocycles. The van der Waals surface area contributed by atoms with Gasteiger partial charge >= 0.3 is 0 Å². The van der Waals surface area contributed by atoms with Gasteiger partial charge in [0.2, 0.25) is 0 Å². The molecule has 20 heavy (non-hydrogen) atoms. The molecule has 0 aromatic carbocycles. The van der Waals surface area contributed by atoms with Crippen LogP contribution < -0.4 is 0 Å². The van der Waals surface area contributed by atoms with E-state index in [4.69, 9.17) is 4.74 Å². The number of aryl methyl sites for hydroxylation is 1. The van der Waals surface area contributed by atoms with Crippen molar-refractivity contribution in [3.63, 3.8) is 0 Å². The summed E-state index contributed by atoms with van der Waals surface area (Å²) >= 11 is 0. The van der Waals surface area contributed by atoms with Crippen LogP contribution in [0, 0.1) is 0 Å². The molecule has 1 aromatic rings. The summed E-state index contributed by atoms with van der Waals surface area (Å²) in [6.45, 7) is 1.95. The zero-order valence-electron chi connectivity index (χ0n) is 11.8. The van der Waals surface area contributed by atoms with Crippen LogP contribution in [0.5, 0.6) is 0 Å². The number of aliphatic hydroxyl groups is 1. The molecule has 1 N–H and O–H groups in total. The van der Waals surface area contributed by atoms with Gasteiger partial charge in [-0.05, 0) is 25.7 Å². The van der Waals surface area contributed by atoms with Crippen LogP contribution in [0.2, 0.25) is 0 Å². The summed E-state index contributed by atoms with van der Waals surface area (Å²) in [5, 5.41) is 10.2. The number of likely N-dealkylation sites (tertiary alicyclic amines) is 1. The Morgan fingerprint density at radius 3 is 2.85 bits per heavy atom. The van der Waals surface area contributed by atoms with E-state index in [9.17, 15) is 9.90 Å². The fourth-order valence-electron chi connectivity index (χ4n) is 3.16. The van der Waals surface area contributed by atoms with Crippen LogP contribution in [-0.4, -0.2) is 56.9 Å². The molecule has 1 amide bonds. The Bertz CT molecular complexity index is 492. The van der Waals surface area contributed by atoms with Crippen molar-refractivity contribution < 1.29 is 14.6 Å². The molecule has 3 rings (SSSR count). The highest BCUT2D eigenvalue weighted by molar-refractivity contribution is 5.92. The van der Waals surface area contributed by atoms with Gasteiger partial charge in [-0.1, -0.05) is 0 Å². The number of aromatic nitrogens is 2. The Balaban J connectivity index is 1.65. The van der Waals surface area contributed by atoms with Crippen molar-refractivity contribution in [2.24, 2.45) is 7.05 Å². The molecule has 2 fully saturated rings. The number of hydrogen-bond donors (Lipinski definition) is 1. The molecular weight excluding hydrogens is 258 g/mol. The third-order valence-electron chi connectivity index (χ3n) is 4.44. The zero-order chi connectivity index (χ0) is 14.2. The van der Waals surface area contributed by atoms with Gasteiger partial charge in [0.15, 0.2) is 0 Å². The van der Waals surface area contributed by atoms with E-state index in [0.29, 0.717) is 38.2 Å². The first-order valence-electron chi connectivity index (χ1n) is 7.20. The molecule has 110 valence electrons. The standard InChI is InChI=1S/C14H21N3O3/c1-16-9-11(15-10-16)13(19)17-6-4-14(5-7-17)12(18)3-2-8-20-14/h9-10,12,18H,2-8H2,1H3/t12-/m0/s1. The topological polar surface area (TPSA) is 67.6 Å². The molecule has 0 aliphatic carbocycles. The summed E-state index contributed by atoms with van der Waals surface area (Å²) < 4.78 is 7.62. The highest BCUT2D eigenvalue weighted by atomic mass is 16.5. The maximum absolute atomic E-state index is 12.3. The Morgan fingerprint density at radius 1 is 1.50 bits per heavy atom. The van der Waals surface area contributed by atoms with Gasteiger partial charge < -0.3 is 19.3 Å². The minimum absolute atomic E-state index is 0.0363. The second kappa shape index (κ2) is 5.18. The lowest BCUT2D eigenvalue weighted by atomic mass is 9.82. The van der Waals surface area contributed by atoms with Crippen LogP contribution in [0.1, 0.15) is 36.2 Å². The van der Waals surface area contributed by atoms with Crippen molar-refractivity contribution in [2.75, 3.05) is 19.7 Å². The lowest BCUT2D eigenvalue weighted by Crippen LogP contribution is -2.56. The van der Waals surface area contributed by atoms with Gasteiger partial charge in [-0.3, -0.25) is 4.79 Å². The van der Waals surface area contributed by atoms with Crippen LogP contribution in [0.4, 0.5) is 0 Å². The first-order chi connectivity index (χ1) is 9.61. The largest absolute Gasteiger partial charge is 0.390 e. The summed E-state index contributed by atoms with van der Waals surface area (Å²) in [5.74, 6) is -0.0363. The summed E-state index contributed by atoms with van der Waals surface area (Å²) in [5.41, 5.74) is 0.0487. The molecule has 2 aliphatic heterocycles. The summed E-state index contributed by atoms with van der Waals surface area (Å²) in [6, 6.07) is 0. The lowest BCUT2D eigenvalue weighted by Gasteiger charge is -2.46. The highest BCUT2D eigenvalue weighted by Crippen LogP contribution is 2.35. The lowest BCUT2D eigenvalue weighted by molar-refractivity contribution is -0.174. The predicted octanol–water partition coefficient (Wildman–Crippen LogP) is 0.566. The van der Waals surface area contributed by atoms with Crippen molar-refractivity contribution in [2.45, 2.75) is 37.4 Å². The van der Waals surface area contributed by atoms with E-state index in [-0.39, 0.29) is 5.91 Å². The average molecular weight is 279 g/mol. The number of ether oxygens (including phenoxy) is 1. The van der Waals surface area contributed by atoms with Gasteiger partial charge in [-0.2, -0.15) is 0 Å². The minimum atomic E-state index is -0.431. The van der Waals surface area contributed by atoms with Crippen LogP contribution in [0.25, 0.3) is 0 Å². The second-order valence-corrected chi connectivity index (χ2v) is 5.79. The molecule has 3 heterocycles. The molecule has 1 atom stereocenters. The van der Waals surface area contributed by atoms with Crippen molar-refractivity contribution >= 4 is 5.91 Å². The van der Waals surface area contributed by atoms with Crippen LogP contribution in [-0.2, 0) is 11.8 Å². The van der Waals surface area contributed by atoms with Crippen molar-refractivity contribution in [3.8, 4) is 0 Å². The van der Waals surface area contributed by atoms with Gasteiger partial charge in [-0.15, -0.1) is 0 Å². The molecule has 0 unspecified atom stereocenters. The maximum atomic E-state index is 12.3. The van der Waals surface area contributed by atoms with Crippen molar-refractivity contribution in [1.82, 2.24) is 14.5 Å². The van der Waals surface area contributed by atoms with E-state index < -0.39 is 11.7 Å². The summed E-state index contributed by atoms with van der Waals surface area (Å²) in [7, 11) is 1.85. The number of rotatable bonds is 1. The average Bonchev–Trinajstić information content (AvgIpc) is 2.89. The monoisotopic (exact) mass is 279 g/mol. The number of piperidine rings is 1. The summed E-state index contributed by atoms with van der Waals surface area (Å²) in [4.78, 5) is 18.2. The third kappa shape index (κ3) is 2.33. The van der Waals surface area contributed by atoms with Crippen LogP contribution in [0.15, 0.2) is 12.5 Å². The highest BCUT2D eigenvalue weighted by Gasteiger charge is 2.44. The maximum Gasteiger partial charge on any atom is 0.274 e. The number of aliphatic hydroxyl groups excluding tert-OH is 1. The van der Waals surface area contributed by atoms with Gasteiger partial charge in [0.05, 0.1) is 18.0 Å². The number of carbonyl (C=O) groups is 1. The normalized spacial score (nSPS) is 25.9. The fourth-order valence-corrected chi connectivity index (χ4v) is 3.16. The molecule has 0 saturated carbocycles. The van der Waals surface area contributed by atoms with E-state index in [1.807, 2.05) is 7.05 Å². The predicted molar refractivity (Wildman–Crippen MR) is 72.3 cm³/mol. The number of carbonyl (C=O) groups excluding carboxylic acids is 1. The zero-order valence-corrected chi connectivity index (χ0v) is 11.8. The summed E-state index contributed by atoms with van der Waals surface area (Å²) in [6.07, 6.45) is 6.08. The smallest absolute Gasteiger partial charge is 0.274 e. The van der Waals surface area contributed by atoms with Gasteiger partial charge in [-0.25, -0.2) is 4.98 Å². The van der Waals surface area contributed by atoms with Crippen LogP contribution in [0.3, 0.4) is 0 Å². The van der Waals surface area contributed by atoms with E-state index in [1.165, 1.54) is 0 Å². The van der Waals surface area contributed by atoms with Gasteiger partial charge in [0.1, 0.15) is 5.69 Å². The van der Waals surface area contributed by atoms with Crippen molar-refractivity contribution in [1.29, 1.82) is 0 Å². The number of amides is 1. The van der Waals surface area contributed by atoms with E-state index in [2.05, 4.69) is 4.98 Å². The van der Waals surface area contributed by atoms with Gasteiger partial charge in [0, 0.05) is 32.9 Å². The molecular formula is C14H21N3O3.